The van der Waals surface area contributed by atoms with E-state index in [1.807, 2.05) is 30.3 Å². The summed E-state index contributed by atoms with van der Waals surface area (Å²) in [5, 5.41) is 7.93. The fraction of sp³-hybridized carbons (Fsp3) is 0.400. The molecule has 0 radical (unpaired) electrons. The van der Waals surface area contributed by atoms with Gasteiger partial charge < -0.3 is 19.8 Å². The number of hydrogen-bond donors (Lipinski definition) is 1. The topological polar surface area (TPSA) is 94.5 Å². The first-order valence-corrected chi connectivity index (χ1v) is 7.24. The Kier molecular flexibility index (Phi) is 4.34. The zero-order chi connectivity index (χ0) is 15.4. The Hall–Kier alpha value is -2.41. The molecular weight excluding hydrogens is 284 g/mol. The van der Waals surface area contributed by atoms with Gasteiger partial charge in [0.25, 0.3) is 0 Å². The number of anilines is 1. The maximum Gasteiger partial charge on any atom is 0.318 e. The molecule has 0 bridgehead atoms. The number of nitrogens with two attached hydrogens (primary N) is 1. The van der Waals surface area contributed by atoms with E-state index in [1.54, 1.807) is 4.90 Å². The zero-order valence-corrected chi connectivity index (χ0v) is 12.1. The molecule has 1 aliphatic rings. The van der Waals surface area contributed by atoms with Gasteiger partial charge in [0.1, 0.15) is 12.6 Å². The molecule has 1 aromatic carbocycles. The molecule has 0 spiro atoms. The second-order valence-electron chi connectivity index (χ2n) is 5.21. The molecule has 0 aliphatic carbocycles. The molecule has 2 aromatic rings. The van der Waals surface area contributed by atoms with Crippen LogP contribution in [0.3, 0.4) is 0 Å². The lowest BCUT2D eigenvalue weighted by Crippen LogP contribution is -2.40. The first kappa shape index (κ1) is 14.5. The van der Waals surface area contributed by atoms with Crippen LogP contribution in [0.25, 0.3) is 0 Å². The fourth-order valence-electron chi connectivity index (χ4n) is 2.54. The van der Waals surface area contributed by atoms with E-state index in [-0.39, 0.29) is 18.6 Å². The molecule has 116 valence electrons. The summed E-state index contributed by atoms with van der Waals surface area (Å²) < 4.78 is 11.1. The number of aromatic nitrogens is 2. The van der Waals surface area contributed by atoms with Gasteiger partial charge in [0.2, 0.25) is 11.8 Å². The molecule has 1 saturated heterocycles. The first-order valence-electron chi connectivity index (χ1n) is 7.24. The highest BCUT2D eigenvalue weighted by Gasteiger charge is 2.32. The number of carbonyl (C=O) groups is 1. The number of hydrogen-bond acceptors (Lipinski definition) is 6. The lowest BCUT2D eigenvalue weighted by molar-refractivity contribution is -0.119. The summed E-state index contributed by atoms with van der Waals surface area (Å²) in [7, 11) is 0. The van der Waals surface area contributed by atoms with Crippen LogP contribution in [-0.4, -0.2) is 28.7 Å². The highest BCUT2D eigenvalue weighted by Crippen LogP contribution is 2.24. The van der Waals surface area contributed by atoms with E-state index in [0.29, 0.717) is 25.1 Å². The minimum Gasteiger partial charge on any atom is -0.405 e. The number of primary amides is 1. The zero-order valence-electron chi connectivity index (χ0n) is 12.1. The summed E-state index contributed by atoms with van der Waals surface area (Å²) >= 11 is 0. The summed E-state index contributed by atoms with van der Waals surface area (Å²) in [5.41, 5.74) is 6.46. The SMILES string of the molecule is NC(=O)C1CCCN1c1nnc(COCc2ccccc2)o1. The average molecular weight is 302 g/mol. The van der Waals surface area contributed by atoms with Crippen LogP contribution >= 0.6 is 0 Å². The maximum atomic E-state index is 11.4. The van der Waals surface area contributed by atoms with Crippen molar-refractivity contribution in [1.82, 2.24) is 10.2 Å². The predicted molar refractivity (Wildman–Crippen MR) is 78.8 cm³/mol. The molecule has 2 heterocycles. The molecule has 0 saturated carbocycles. The molecule has 1 atom stereocenters. The normalized spacial score (nSPS) is 17.8. The molecule has 1 aromatic heterocycles. The van der Waals surface area contributed by atoms with Crippen molar-refractivity contribution in [3.05, 3.63) is 41.8 Å². The lowest BCUT2D eigenvalue weighted by atomic mass is 10.2. The van der Waals surface area contributed by atoms with Crippen LogP contribution < -0.4 is 10.6 Å². The van der Waals surface area contributed by atoms with Crippen LogP contribution in [0, 0.1) is 0 Å². The van der Waals surface area contributed by atoms with Crippen molar-refractivity contribution >= 4 is 11.9 Å². The lowest BCUT2D eigenvalue weighted by Gasteiger charge is -2.18. The van der Waals surface area contributed by atoms with E-state index in [2.05, 4.69) is 10.2 Å². The van der Waals surface area contributed by atoms with E-state index in [9.17, 15) is 4.79 Å². The molecule has 22 heavy (non-hydrogen) atoms. The van der Waals surface area contributed by atoms with Gasteiger partial charge in [-0.25, -0.2) is 0 Å². The van der Waals surface area contributed by atoms with Crippen LogP contribution in [0.1, 0.15) is 24.3 Å². The van der Waals surface area contributed by atoms with Crippen molar-refractivity contribution in [2.24, 2.45) is 5.73 Å². The van der Waals surface area contributed by atoms with Crippen molar-refractivity contribution in [3.63, 3.8) is 0 Å². The summed E-state index contributed by atoms with van der Waals surface area (Å²) in [6.07, 6.45) is 1.60. The summed E-state index contributed by atoms with van der Waals surface area (Å²) in [5.74, 6) is 0.0265. The van der Waals surface area contributed by atoms with Gasteiger partial charge in [0.15, 0.2) is 0 Å². The number of rotatable bonds is 6. The van der Waals surface area contributed by atoms with E-state index < -0.39 is 0 Å². The largest absolute Gasteiger partial charge is 0.405 e. The van der Waals surface area contributed by atoms with Crippen LogP contribution in [-0.2, 0) is 22.7 Å². The van der Waals surface area contributed by atoms with Crippen LogP contribution in [0.5, 0.6) is 0 Å². The van der Waals surface area contributed by atoms with Crippen molar-refractivity contribution < 1.29 is 13.9 Å². The Balaban J connectivity index is 1.56. The van der Waals surface area contributed by atoms with Gasteiger partial charge in [-0.3, -0.25) is 4.79 Å². The Morgan fingerprint density at radius 3 is 2.91 bits per heavy atom. The van der Waals surface area contributed by atoms with Crippen molar-refractivity contribution in [2.75, 3.05) is 11.4 Å². The number of ether oxygens (including phenoxy) is 1. The Bertz CT molecular complexity index is 629. The number of nitrogens with zero attached hydrogens (tertiary/aromatic N) is 3. The summed E-state index contributed by atoms with van der Waals surface area (Å²) in [6.45, 7) is 1.41. The molecule has 1 unspecified atom stereocenters. The monoisotopic (exact) mass is 302 g/mol. The minimum atomic E-state index is -0.363. The van der Waals surface area contributed by atoms with Crippen molar-refractivity contribution in [1.29, 1.82) is 0 Å². The van der Waals surface area contributed by atoms with E-state index in [4.69, 9.17) is 14.9 Å². The predicted octanol–water partition coefficient (Wildman–Crippen LogP) is 1.24. The van der Waals surface area contributed by atoms with Gasteiger partial charge >= 0.3 is 6.01 Å². The quantitative estimate of drug-likeness (QED) is 0.862. The smallest absolute Gasteiger partial charge is 0.318 e. The maximum absolute atomic E-state index is 11.4. The molecule has 1 fully saturated rings. The number of benzene rings is 1. The molecule has 7 heteroatoms. The van der Waals surface area contributed by atoms with Crippen molar-refractivity contribution in [2.45, 2.75) is 32.1 Å². The fourth-order valence-corrected chi connectivity index (χ4v) is 2.54. The average Bonchev–Trinajstić information content (AvgIpc) is 3.17. The summed E-state index contributed by atoms with van der Waals surface area (Å²) in [6, 6.07) is 9.82. The van der Waals surface area contributed by atoms with Gasteiger partial charge in [0.05, 0.1) is 6.61 Å². The molecule has 2 N–H and O–H groups in total. The number of carbonyl (C=O) groups excluding carboxylic acids is 1. The Labute approximate surface area is 128 Å². The Morgan fingerprint density at radius 1 is 1.32 bits per heavy atom. The van der Waals surface area contributed by atoms with Gasteiger partial charge in [-0.1, -0.05) is 35.4 Å². The van der Waals surface area contributed by atoms with E-state index in [0.717, 1.165) is 18.4 Å². The van der Waals surface area contributed by atoms with Crippen LogP contribution in [0.2, 0.25) is 0 Å². The van der Waals surface area contributed by atoms with Crippen LogP contribution in [0.15, 0.2) is 34.7 Å². The Morgan fingerprint density at radius 2 is 2.14 bits per heavy atom. The van der Waals surface area contributed by atoms with Gasteiger partial charge in [-0.2, -0.15) is 0 Å². The second kappa shape index (κ2) is 6.57. The molecule has 1 aliphatic heterocycles. The molecule has 7 nitrogen and oxygen atoms in total. The molecule has 3 rings (SSSR count). The third-order valence-corrected chi connectivity index (χ3v) is 3.62. The molecular formula is C15H18N4O3. The third kappa shape index (κ3) is 3.25. The third-order valence-electron chi connectivity index (χ3n) is 3.62. The van der Waals surface area contributed by atoms with E-state index >= 15 is 0 Å². The minimum absolute atomic E-state index is 0.233. The first-order chi connectivity index (χ1) is 10.7. The highest BCUT2D eigenvalue weighted by molar-refractivity contribution is 5.83. The van der Waals surface area contributed by atoms with Gasteiger partial charge in [-0.15, -0.1) is 5.10 Å². The molecule has 1 amide bonds. The highest BCUT2D eigenvalue weighted by atomic mass is 16.5. The standard InChI is InChI=1S/C15H18N4O3/c16-14(20)12-7-4-8-19(12)15-18-17-13(22-15)10-21-9-11-5-2-1-3-6-11/h1-3,5-6,12H,4,7-10H2,(H2,16,20). The summed E-state index contributed by atoms with van der Waals surface area (Å²) in [4.78, 5) is 13.1. The van der Waals surface area contributed by atoms with Gasteiger partial charge in [0, 0.05) is 6.54 Å². The van der Waals surface area contributed by atoms with Crippen molar-refractivity contribution in [3.8, 4) is 0 Å². The van der Waals surface area contributed by atoms with Crippen LogP contribution in [0.4, 0.5) is 6.01 Å². The second-order valence-corrected chi connectivity index (χ2v) is 5.21. The van der Waals surface area contributed by atoms with Gasteiger partial charge in [-0.05, 0) is 18.4 Å². The number of amides is 1. The van der Waals surface area contributed by atoms with E-state index in [1.165, 1.54) is 0 Å².